The third kappa shape index (κ3) is 2.31. The number of benzene rings is 1. The maximum absolute atomic E-state index is 10.5. The van der Waals surface area contributed by atoms with Crippen molar-refractivity contribution in [3.63, 3.8) is 0 Å². The second-order valence-electron chi connectivity index (χ2n) is 4.66. The number of thiophene rings is 1. The van der Waals surface area contributed by atoms with Crippen LogP contribution < -0.4 is 0 Å². The van der Waals surface area contributed by atoms with Crippen LogP contribution in [-0.4, -0.2) is 5.11 Å². The van der Waals surface area contributed by atoms with Gasteiger partial charge in [-0.1, -0.05) is 24.3 Å². The monoisotopic (exact) mass is 386 g/mol. The van der Waals surface area contributed by atoms with Crippen molar-refractivity contribution in [3.8, 4) is 0 Å². The smallest absolute Gasteiger partial charge is 0.0844 e. The normalized spacial score (nSPS) is 16.8. The molecule has 0 amide bonds. The van der Waals surface area contributed by atoms with Gasteiger partial charge in [-0.05, 0) is 67.8 Å². The van der Waals surface area contributed by atoms with Gasteiger partial charge in [-0.2, -0.15) is 0 Å². The molecule has 1 aromatic carbocycles. The number of fused-ring (bicyclic) bond motifs is 1. The third-order valence-corrected chi connectivity index (χ3v) is 5.92. The van der Waals surface area contributed by atoms with E-state index >= 15 is 0 Å². The second-order valence-corrected chi connectivity index (χ2v) is 8.41. The highest BCUT2D eigenvalue weighted by atomic mass is 79.9. The maximum atomic E-state index is 10.5. The van der Waals surface area contributed by atoms with Crippen molar-refractivity contribution < 1.29 is 5.11 Å². The van der Waals surface area contributed by atoms with E-state index in [0.717, 1.165) is 26.0 Å². The molecule has 0 spiro atoms. The van der Waals surface area contributed by atoms with E-state index in [2.05, 4.69) is 56.1 Å². The lowest BCUT2D eigenvalue weighted by atomic mass is 9.95. The molecule has 0 radical (unpaired) electrons. The maximum Gasteiger partial charge on any atom is 0.0844 e. The minimum Gasteiger partial charge on any atom is -0.388 e. The van der Waals surface area contributed by atoms with Crippen LogP contribution in [-0.2, 0) is 12.8 Å². The highest BCUT2D eigenvalue weighted by molar-refractivity contribution is 9.12. The summed E-state index contributed by atoms with van der Waals surface area (Å²) in [7, 11) is 0. The number of aliphatic hydroxyl groups is 1. The molecule has 0 fully saturated rings. The second kappa shape index (κ2) is 5.08. The van der Waals surface area contributed by atoms with Gasteiger partial charge in [-0.15, -0.1) is 11.3 Å². The molecular formula is C14H12Br2OS. The molecule has 1 aliphatic rings. The highest BCUT2D eigenvalue weighted by Gasteiger charge is 2.29. The Morgan fingerprint density at radius 2 is 1.78 bits per heavy atom. The molecule has 0 bridgehead atoms. The van der Waals surface area contributed by atoms with Crippen LogP contribution in [0.1, 0.15) is 22.8 Å². The van der Waals surface area contributed by atoms with E-state index < -0.39 is 6.10 Å². The molecule has 0 saturated heterocycles. The van der Waals surface area contributed by atoms with E-state index in [4.69, 9.17) is 0 Å². The average molecular weight is 388 g/mol. The van der Waals surface area contributed by atoms with Crippen molar-refractivity contribution in [2.45, 2.75) is 18.9 Å². The van der Waals surface area contributed by atoms with Gasteiger partial charge >= 0.3 is 0 Å². The van der Waals surface area contributed by atoms with Crippen molar-refractivity contribution in [2.75, 3.05) is 0 Å². The summed E-state index contributed by atoms with van der Waals surface area (Å²) in [6, 6.07) is 10.5. The van der Waals surface area contributed by atoms with E-state index in [1.54, 1.807) is 11.3 Å². The first-order valence-electron chi connectivity index (χ1n) is 5.84. The van der Waals surface area contributed by atoms with E-state index in [1.165, 1.54) is 11.1 Å². The van der Waals surface area contributed by atoms with Gasteiger partial charge in [-0.3, -0.25) is 0 Å². The Labute approximate surface area is 127 Å². The molecule has 4 heteroatoms. The lowest BCUT2D eigenvalue weighted by Gasteiger charge is -2.17. The number of halogens is 2. The Hall–Kier alpha value is -0.160. The molecule has 1 heterocycles. The van der Waals surface area contributed by atoms with Gasteiger partial charge in [-0.25, -0.2) is 0 Å². The SMILES string of the molecule is OC(c1cc(Br)sc1Br)C1Cc2ccccc2C1. The van der Waals surface area contributed by atoms with Gasteiger partial charge in [0.1, 0.15) is 0 Å². The van der Waals surface area contributed by atoms with Crippen LogP contribution >= 0.6 is 43.2 Å². The summed E-state index contributed by atoms with van der Waals surface area (Å²) in [5, 5.41) is 10.5. The largest absolute Gasteiger partial charge is 0.388 e. The fraction of sp³-hybridized carbons (Fsp3) is 0.286. The van der Waals surface area contributed by atoms with Gasteiger partial charge in [0.25, 0.3) is 0 Å². The zero-order valence-corrected chi connectivity index (χ0v) is 13.6. The van der Waals surface area contributed by atoms with Crippen LogP contribution in [0.15, 0.2) is 37.9 Å². The molecule has 1 aliphatic carbocycles. The van der Waals surface area contributed by atoms with E-state index in [1.807, 2.05) is 6.07 Å². The fourth-order valence-electron chi connectivity index (χ4n) is 2.62. The number of hydrogen-bond acceptors (Lipinski definition) is 2. The van der Waals surface area contributed by atoms with Crippen molar-refractivity contribution >= 4 is 43.2 Å². The zero-order valence-electron chi connectivity index (χ0n) is 9.57. The van der Waals surface area contributed by atoms with E-state index in [0.29, 0.717) is 5.92 Å². The summed E-state index contributed by atoms with van der Waals surface area (Å²) in [5.41, 5.74) is 3.77. The van der Waals surface area contributed by atoms with Gasteiger partial charge in [0.2, 0.25) is 0 Å². The first kappa shape index (κ1) is 12.9. The molecule has 1 atom stereocenters. The minimum atomic E-state index is -0.394. The quantitative estimate of drug-likeness (QED) is 0.790. The van der Waals surface area contributed by atoms with Crippen molar-refractivity contribution in [1.82, 2.24) is 0 Å². The Kier molecular flexibility index (Phi) is 3.63. The van der Waals surface area contributed by atoms with Crippen molar-refractivity contribution in [1.29, 1.82) is 0 Å². The molecule has 1 unspecified atom stereocenters. The lowest BCUT2D eigenvalue weighted by molar-refractivity contribution is 0.113. The number of rotatable bonds is 2. The molecule has 1 N–H and O–H groups in total. The van der Waals surface area contributed by atoms with Crippen LogP contribution in [0, 0.1) is 5.92 Å². The molecular weight excluding hydrogens is 376 g/mol. The summed E-state index contributed by atoms with van der Waals surface area (Å²) in [5.74, 6) is 0.292. The fourth-order valence-corrected chi connectivity index (χ4v) is 5.54. The summed E-state index contributed by atoms with van der Waals surface area (Å²) < 4.78 is 2.08. The van der Waals surface area contributed by atoms with Gasteiger partial charge in [0.05, 0.1) is 13.7 Å². The molecule has 1 aromatic heterocycles. The number of aliphatic hydroxyl groups excluding tert-OH is 1. The summed E-state index contributed by atoms with van der Waals surface area (Å²) in [6.07, 6.45) is 1.54. The first-order valence-corrected chi connectivity index (χ1v) is 8.25. The van der Waals surface area contributed by atoms with E-state index in [-0.39, 0.29) is 0 Å². The predicted molar refractivity (Wildman–Crippen MR) is 82.0 cm³/mol. The molecule has 3 rings (SSSR count). The molecule has 0 aliphatic heterocycles. The summed E-state index contributed by atoms with van der Waals surface area (Å²) >= 11 is 8.61. The Morgan fingerprint density at radius 1 is 1.17 bits per heavy atom. The van der Waals surface area contributed by atoms with E-state index in [9.17, 15) is 5.11 Å². The number of hydrogen-bond donors (Lipinski definition) is 1. The Balaban J connectivity index is 1.84. The van der Waals surface area contributed by atoms with Crippen LogP contribution in [0.2, 0.25) is 0 Å². The van der Waals surface area contributed by atoms with Gasteiger partial charge < -0.3 is 5.11 Å². The molecule has 94 valence electrons. The lowest BCUT2D eigenvalue weighted by Crippen LogP contribution is -2.12. The highest BCUT2D eigenvalue weighted by Crippen LogP contribution is 2.41. The zero-order chi connectivity index (χ0) is 12.7. The van der Waals surface area contributed by atoms with Crippen LogP contribution in [0.3, 0.4) is 0 Å². The van der Waals surface area contributed by atoms with Gasteiger partial charge in [0, 0.05) is 5.56 Å². The van der Waals surface area contributed by atoms with Crippen molar-refractivity contribution in [2.24, 2.45) is 5.92 Å². The summed E-state index contributed by atoms with van der Waals surface area (Å²) in [4.78, 5) is 0. The van der Waals surface area contributed by atoms with Crippen LogP contribution in [0.5, 0.6) is 0 Å². The Bertz CT molecular complexity index is 554. The summed E-state index contributed by atoms with van der Waals surface area (Å²) in [6.45, 7) is 0. The molecule has 18 heavy (non-hydrogen) atoms. The Morgan fingerprint density at radius 3 is 2.28 bits per heavy atom. The van der Waals surface area contributed by atoms with Crippen LogP contribution in [0.4, 0.5) is 0 Å². The van der Waals surface area contributed by atoms with Crippen LogP contribution in [0.25, 0.3) is 0 Å². The predicted octanol–water partition coefficient (Wildman–Crippen LogP) is 4.72. The minimum absolute atomic E-state index is 0.292. The first-order chi connectivity index (χ1) is 8.65. The standard InChI is InChI=1S/C14H12Br2OS/c15-12-7-11(14(16)18-12)13(17)10-5-8-3-1-2-4-9(8)6-10/h1-4,7,10,13,17H,5-6H2. The van der Waals surface area contributed by atoms with Gasteiger partial charge in [0.15, 0.2) is 0 Å². The topological polar surface area (TPSA) is 20.2 Å². The molecule has 0 saturated carbocycles. The van der Waals surface area contributed by atoms with Crippen molar-refractivity contribution in [3.05, 3.63) is 54.6 Å². The third-order valence-electron chi connectivity index (χ3n) is 3.53. The molecule has 1 nitrogen and oxygen atoms in total. The molecule has 2 aromatic rings. The average Bonchev–Trinajstić information content (AvgIpc) is 2.91.